The number of carbonyl (C=O) groups excluding carboxylic acids is 1. The van der Waals surface area contributed by atoms with Crippen molar-refractivity contribution in [3.63, 3.8) is 0 Å². The third kappa shape index (κ3) is 4.62. The molecule has 0 bridgehead atoms. The molecule has 15 heavy (non-hydrogen) atoms. The molecule has 1 atom stereocenters. The summed E-state index contributed by atoms with van der Waals surface area (Å²) in [6.07, 6.45) is 2.63. The normalized spacial score (nSPS) is 19.1. The maximum Gasteiger partial charge on any atom is 0.322 e. The quantitative estimate of drug-likeness (QED) is 0.658. The Labute approximate surface area is 92.0 Å². The number of esters is 1. The summed E-state index contributed by atoms with van der Waals surface area (Å²) in [6, 6.07) is -0.187. The van der Waals surface area contributed by atoms with Gasteiger partial charge in [-0.05, 0) is 39.8 Å². The standard InChI is InChI=1S/C11H22N2O2/c1-3-15-11(14)10(2)12-6-9-13-7-4-5-8-13/h10,12H,3-9H2,1-2H3/t10-/m0/s1. The van der Waals surface area contributed by atoms with Crippen LogP contribution in [-0.4, -0.2) is 49.7 Å². The zero-order valence-electron chi connectivity index (χ0n) is 9.79. The molecule has 0 saturated carbocycles. The smallest absolute Gasteiger partial charge is 0.322 e. The van der Waals surface area contributed by atoms with Gasteiger partial charge in [-0.3, -0.25) is 4.79 Å². The molecular formula is C11H22N2O2. The number of ether oxygens (including phenoxy) is 1. The van der Waals surface area contributed by atoms with Gasteiger partial charge in [0.1, 0.15) is 6.04 Å². The molecule has 1 rings (SSSR count). The van der Waals surface area contributed by atoms with Crippen molar-refractivity contribution < 1.29 is 9.53 Å². The number of hydrogen-bond donors (Lipinski definition) is 1. The first-order valence-corrected chi connectivity index (χ1v) is 5.86. The van der Waals surface area contributed by atoms with Gasteiger partial charge in [0, 0.05) is 13.1 Å². The van der Waals surface area contributed by atoms with Crippen LogP contribution in [0.3, 0.4) is 0 Å². The molecule has 0 aromatic carbocycles. The lowest BCUT2D eigenvalue weighted by Gasteiger charge is -2.17. The summed E-state index contributed by atoms with van der Waals surface area (Å²) in [4.78, 5) is 13.7. The maximum atomic E-state index is 11.3. The topological polar surface area (TPSA) is 41.6 Å². The van der Waals surface area contributed by atoms with Gasteiger partial charge >= 0.3 is 5.97 Å². The fraction of sp³-hybridized carbons (Fsp3) is 0.909. The molecule has 1 heterocycles. The van der Waals surface area contributed by atoms with Gasteiger partial charge in [0.2, 0.25) is 0 Å². The van der Waals surface area contributed by atoms with E-state index < -0.39 is 0 Å². The highest BCUT2D eigenvalue weighted by Crippen LogP contribution is 2.05. The maximum absolute atomic E-state index is 11.3. The summed E-state index contributed by atoms with van der Waals surface area (Å²) in [5, 5.41) is 3.18. The highest BCUT2D eigenvalue weighted by molar-refractivity contribution is 5.75. The first-order chi connectivity index (χ1) is 7.24. The number of nitrogens with one attached hydrogen (secondary N) is 1. The molecule has 1 fully saturated rings. The van der Waals surface area contributed by atoms with Crippen molar-refractivity contribution in [2.45, 2.75) is 32.7 Å². The van der Waals surface area contributed by atoms with E-state index in [1.54, 1.807) is 0 Å². The summed E-state index contributed by atoms with van der Waals surface area (Å²) in [7, 11) is 0. The molecule has 0 spiro atoms. The molecule has 1 N–H and O–H groups in total. The zero-order valence-corrected chi connectivity index (χ0v) is 9.79. The molecule has 88 valence electrons. The minimum atomic E-state index is -0.187. The lowest BCUT2D eigenvalue weighted by atomic mass is 10.3. The molecule has 0 unspecified atom stereocenters. The first-order valence-electron chi connectivity index (χ1n) is 5.86. The Bertz CT molecular complexity index is 191. The molecule has 1 aliphatic rings. The second-order valence-electron chi connectivity index (χ2n) is 3.98. The van der Waals surface area contributed by atoms with Crippen LogP contribution in [0.2, 0.25) is 0 Å². The van der Waals surface area contributed by atoms with Crippen LogP contribution in [0.5, 0.6) is 0 Å². The molecule has 0 aliphatic carbocycles. The predicted octanol–water partition coefficient (Wildman–Crippen LogP) is 0.623. The minimum Gasteiger partial charge on any atom is -0.465 e. The Kier molecular flexibility index (Phi) is 5.65. The molecule has 4 nitrogen and oxygen atoms in total. The molecule has 0 aromatic rings. The molecule has 0 radical (unpaired) electrons. The van der Waals surface area contributed by atoms with Crippen molar-refractivity contribution >= 4 is 5.97 Å². The average molecular weight is 214 g/mol. The first kappa shape index (κ1) is 12.5. The second-order valence-corrected chi connectivity index (χ2v) is 3.98. The summed E-state index contributed by atoms with van der Waals surface area (Å²) in [6.45, 7) is 8.43. The molecule has 1 saturated heterocycles. The third-order valence-corrected chi connectivity index (χ3v) is 2.72. The van der Waals surface area contributed by atoms with Gasteiger partial charge in [-0.25, -0.2) is 0 Å². The van der Waals surface area contributed by atoms with E-state index in [0.29, 0.717) is 6.61 Å². The van der Waals surface area contributed by atoms with Crippen molar-refractivity contribution in [2.75, 3.05) is 32.8 Å². The Hall–Kier alpha value is -0.610. The molecule has 1 aliphatic heterocycles. The summed E-state index contributed by atoms with van der Waals surface area (Å²) in [5.41, 5.74) is 0. The van der Waals surface area contributed by atoms with Crippen LogP contribution in [-0.2, 0) is 9.53 Å². The van der Waals surface area contributed by atoms with E-state index in [4.69, 9.17) is 4.74 Å². The van der Waals surface area contributed by atoms with E-state index >= 15 is 0 Å². The van der Waals surface area contributed by atoms with Gasteiger partial charge in [-0.15, -0.1) is 0 Å². The van der Waals surface area contributed by atoms with Crippen LogP contribution in [0.25, 0.3) is 0 Å². The van der Waals surface area contributed by atoms with Gasteiger partial charge in [-0.2, -0.15) is 0 Å². The number of nitrogens with zero attached hydrogens (tertiary/aromatic N) is 1. The monoisotopic (exact) mass is 214 g/mol. The summed E-state index contributed by atoms with van der Waals surface area (Å²) >= 11 is 0. The second kappa shape index (κ2) is 6.80. The van der Waals surface area contributed by atoms with Gasteiger partial charge in [0.05, 0.1) is 6.61 Å². The Morgan fingerprint density at radius 3 is 2.73 bits per heavy atom. The van der Waals surface area contributed by atoms with E-state index in [-0.39, 0.29) is 12.0 Å². The van der Waals surface area contributed by atoms with Crippen molar-refractivity contribution in [1.82, 2.24) is 10.2 Å². The Morgan fingerprint density at radius 2 is 2.13 bits per heavy atom. The van der Waals surface area contributed by atoms with E-state index in [1.807, 2.05) is 13.8 Å². The van der Waals surface area contributed by atoms with E-state index in [0.717, 1.165) is 13.1 Å². The minimum absolute atomic E-state index is 0.154. The predicted molar refractivity (Wildman–Crippen MR) is 59.8 cm³/mol. The molecule has 4 heteroatoms. The van der Waals surface area contributed by atoms with Gasteiger partial charge in [0.15, 0.2) is 0 Å². The SMILES string of the molecule is CCOC(=O)[C@H](C)NCCN1CCCC1. The Morgan fingerprint density at radius 1 is 1.47 bits per heavy atom. The lowest BCUT2D eigenvalue weighted by Crippen LogP contribution is -2.39. The zero-order chi connectivity index (χ0) is 11.1. The summed E-state index contributed by atoms with van der Waals surface area (Å²) in [5.74, 6) is -0.154. The van der Waals surface area contributed by atoms with E-state index in [2.05, 4.69) is 10.2 Å². The molecular weight excluding hydrogens is 192 g/mol. The fourth-order valence-corrected chi connectivity index (χ4v) is 1.80. The van der Waals surface area contributed by atoms with E-state index in [1.165, 1.54) is 25.9 Å². The third-order valence-electron chi connectivity index (χ3n) is 2.72. The van der Waals surface area contributed by atoms with Crippen molar-refractivity contribution in [1.29, 1.82) is 0 Å². The van der Waals surface area contributed by atoms with Crippen molar-refractivity contribution in [3.8, 4) is 0 Å². The van der Waals surface area contributed by atoms with E-state index in [9.17, 15) is 4.79 Å². The summed E-state index contributed by atoms with van der Waals surface area (Å²) < 4.78 is 4.91. The molecule has 0 amide bonds. The highest BCUT2D eigenvalue weighted by atomic mass is 16.5. The number of likely N-dealkylation sites (tertiary alicyclic amines) is 1. The van der Waals surface area contributed by atoms with Crippen LogP contribution < -0.4 is 5.32 Å². The average Bonchev–Trinajstić information content (AvgIpc) is 2.71. The number of rotatable bonds is 6. The van der Waals surface area contributed by atoms with Crippen LogP contribution in [0.1, 0.15) is 26.7 Å². The van der Waals surface area contributed by atoms with Crippen molar-refractivity contribution in [2.24, 2.45) is 0 Å². The van der Waals surface area contributed by atoms with Crippen LogP contribution in [0, 0.1) is 0 Å². The number of hydrogen-bond acceptors (Lipinski definition) is 4. The lowest BCUT2D eigenvalue weighted by molar-refractivity contribution is -0.145. The largest absolute Gasteiger partial charge is 0.465 e. The van der Waals surface area contributed by atoms with Crippen molar-refractivity contribution in [3.05, 3.63) is 0 Å². The number of carbonyl (C=O) groups is 1. The van der Waals surface area contributed by atoms with Gasteiger partial charge < -0.3 is 15.0 Å². The van der Waals surface area contributed by atoms with Crippen LogP contribution >= 0.6 is 0 Å². The van der Waals surface area contributed by atoms with Gasteiger partial charge in [0.25, 0.3) is 0 Å². The Balaban J connectivity index is 2.05. The van der Waals surface area contributed by atoms with Crippen LogP contribution in [0.15, 0.2) is 0 Å². The fourth-order valence-electron chi connectivity index (χ4n) is 1.80. The van der Waals surface area contributed by atoms with Crippen LogP contribution in [0.4, 0.5) is 0 Å². The van der Waals surface area contributed by atoms with Gasteiger partial charge in [-0.1, -0.05) is 0 Å². The molecule has 0 aromatic heterocycles. The highest BCUT2D eigenvalue weighted by Gasteiger charge is 2.14.